The van der Waals surface area contributed by atoms with Crippen LogP contribution in [0.1, 0.15) is 0 Å². The molecular formula is C4H6BrClO4. The summed E-state index contributed by atoms with van der Waals surface area (Å²) in [6.45, 7) is 0. The molecule has 0 amide bonds. The molecule has 0 aliphatic heterocycles. The molecule has 0 heterocycles. The van der Waals surface area contributed by atoms with Gasteiger partial charge < -0.3 is 10.2 Å². The first-order chi connectivity index (χ1) is 4.54. The number of alkyl halides is 2. The van der Waals surface area contributed by atoms with Crippen LogP contribution in [-0.4, -0.2) is 33.4 Å². The highest BCUT2D eigenvalue weighted by Gasteiger charge is 1.83. The summed E-state index contributed by atoms with van der Waals surface area (Å²) in [6.07, 6.45) is 0. The summed E-state index contributed by atoms with van der Waals surface area (Å²) in [6, 6.07) is 0. The maximum atomic E-state index is 9.32. The lowest BCUT2D eigenvalue weighted by molar-refractivity contribution is -0.135. The van der Waals surface area contributed by atoms with Crippen LogP contribution >= 0.6 is 27.5 Å². The van der Waals surface area contributed by atoms with Gasteiger partial charge in [-0.15, -0.1) is 11.6 Å². The van der Waals surface area contributed by atoms with Gasteiger partial charge in [-0.2, -0.15) is 0 Å². The highest BCUT2D eigenvalue weighted by Crippen LogP contribution is 1.73. The van der Waals surface area contributed by atoms with Crippen molar-refractivity contribution >= 4 is 39.5 Å². The minimum absolute atomic E-state index is 0.0347. The Bertz CT molecular complexity index is 102. The Labute approximate surface area is 70.9 Å². The second-order valence-corrected chi connectivity index (χ2v) is 1.88. The Morgan fingerprint density at radius 3 is 1.50 bits per heavy atom. The van der Waals surface area contributed by atoms with Crippen molar-refractivity contribution in [3.05, 3.63) is 0 Å². The Hall–Kier alpha value is -0.290. The van der Waals surface area contributed by atoms with Crippen molar-refractivity contribution < 1.29 is 19.8 Å². The minimum atomic E-state index is -0.980. The fourth-order valence-corrected chi connectivity index (χ4v) is 0. The molecule has 6 heteroatoms. The fraction of sp³-hybridized carbons (Fsp3) is 0.500. The predicted octanol–water partition coefficient (Wildman–Crippen LogP) is 0.776. The van der Waals surface area contributed by atoms with Gasteiger partial charge in [-0.25, -0.2) is 0 Å². The fourth-order valence-electron chi connectivity index (χ4n) is 0. The van der Waals surface area contributed by atoms with E-state index in [1.54, 1.807) is 0 Å². The first-order valence-corrected chi connectivity index (χ1v) is 3.75. The van der Waals surface area contributed by atoms with Gasteiger partial charge in [0, 0.05) is 0 Å². The molecule has 0 rings (SSSR count). The van der Waals surface area contributed by atoms with Crippen molar-refractivity contribution in [3.63, 3.8) is 0 Å². The molecule has 0 aliphatic rings. The molecule has 0 aromatic carbocycles. The van der Waals surface area contributed by atoms with Gasteiger partial charge >= 0.3 is 11.9 Å². The first-order valence-electron chi connectivity index (χ1n) is 2.10. The summed E-state index contributed by atoms with van der Waals surface area (Å²) < 4.78 is 0. The summed E-state index contributed by atoms with van der Waals surface area (Å²) in [4.78, 5) is 18.6. The normalized spacial score (nSPS) is 7.40. The highest BCUT2D eigenvalue weighted by atomic mass is 79.9. The molecule has 4 nitrogen and oxygen atoms in total. The third-order valence-electron chi connectivity index (χ3n) is 0.229. The van der Waals surface area contributed by atoms with Crippen molar-refractivity contribution in [2.24, 2.45) is 0 Å². The summed E-state index contributed by atoms with van der Waals surface area (Å²) in [7, 11) is 0. The zero-order valence-corrected chi connectivity index (χ0v) is 7.22. The van der Waals surface area contributed by atoms with Crippen molar-refractivity contribution in [2.45, 2.75) is 0 Å². The number of carboxylic acid groups (broad SMARTS) is 2. The van der Waals surface area contributed by atoms with Crippen LogP contribution < -0.4 is 0 Å². The number of rotatable bonds is 2. The van der Waals surface area contributed by atoms with Crippen LogP contribution in [0.4, 0.5) is 0 Å². The van der Waals surface area contributed by atoms with Crippen LogP contribution in [0.25, 0.3) is 0 Å². The molecule has 0 saturated heterocycles. The Kier molecular flexibility index (Phi) is 10.8. The van der Waals surface area contributed by atoms with Gasteiger partial charge in [0.1, 0.15) is 11.2 Å². The lowest BCUT2D eigenvalue weighted by Crippen LogP contribution is -1.92. The minimum Gasteiger partial charge on any atom is -0.481 e. The Morgan fingerprint density at radius 1 is 1.30 bits per heavy atom. The molecule has 0 fully saturated rings. The molecule has 0 aromatic rings. The monoisotopic (exact) mass is 232 g/mol. The van der Waals surface area contributed by atoms with E-state index in [-0.39, 0.29) is 11.2 Å². The van der Waals surface area contributed by atoms with Gasteiger partial charge in [0.05, 0.1) is 0 Å². The average molecular weight is 233 g/mol. The number of carbonyl (C=O) groups is 2. The summed E-state index contributed by atoms with van der Waals surface area (Å²) in [5.74, 6) is -2.11. The molecule has 10 heavy (non-hydrogen) atoms. The van der Waals surface area contributed by atoms with E-state index < -0.39 is 11.9 Å². The van der Waals surface area contributed by atoms with Gasteiger partial charge in [-0.05, 0) is 0 Å². The number of carboxylic acids is 2. The predicted molar refractivity (Wildman–Crippen MR) is 39.8 cm³/mol. The Balaban J connectivity index is 0. The number of halogens is 2. The molecule has 0 spiro atoms. The first kappa shape index (κ1) is 12.4. The molecule has 0 radical (unpaired) electrons. The number of hydrogen-bond acceptors (Lipinski definition) is 2. The third-order valence-corrected chi connectivity index (χ3v) is 0.937. The van der Waals surface area contributed by atoms with E-state index in [0.717, 1.165) is 0 Å². The van der Waals surface area contributed by atoms with Crippen LogP contribution in [0.5, 0.6) is 0 Å². The van der Waals surface area contributed by atoms with Gasteiger partial charge in [0.25, 0.3) is 0 Å². The molecule has 0 bridgehead atoms. The molecule has 60 valence electrons. The molecule has 0 aliphatic carbocycles. The van der Waals surface area contributed by atoms with E-state index in [1.165, 1.54) is 0 Å². The molecular weight excluding hydrogens is 227 g/mol. The van der Waals surface area contributed by atoms with E-state index in [9.17, 15) is 9.59 Å². The zero-order chi connectivity index (χ0) is 8.57. The van der Waals surface area contributed by atoms with Crippen molar-refractivity contribution in [1.29, 1.82) is 0 Å². The zero-order valence-electron chi connectivity index (χ0n) is 4.88. The van der Waals surface area contributed by atoms with E-state index in [0.29, 0.717) is 0 Å². The van der Waals surface area contributed by atoms with Crippen LogP contribution in [0.2, 0.25) is 0 Å². The van der Waals surface area contributed by atoms with Crippen molar-refractivity contribution in [2.75, 3.05) is 11.2 Å². The van der Waals surface area contributed by atoms with Gasteiger partial charge in [0.15, 0.2) is 0 Å². The second kappa shape index (κ2) is 8.71. The third kappa shape index (κ3) is 25.2. The number of hydrogen-bond donors (Lipinski definition) is 2. The van der Waals surface area contributed by atoms with Crippen LogP contribution in [0.15, 0.2) is 0 Å². The standard InChI is InChI=1S/C2H3BrO2.C2H3ClO2/c2*3-1-2(4)5/h2*1H2,(H,4,5). The SMILES string of the molecule is O=C(O)CBr.O=C(O)CCl. The lowest BCUT2D eigenvalue weighted by atomic mass is 10.8. The molecule has 0 atom stereocenters. The molecule has 0 aromatic heterocycles. The largest absolute Gasteiger partial charge is 0.481 e. The van der Waals surface area contributed by atoms with Crippen LogP contribution in [0, 0.1) is 0 Å². The summed E-state index contributed by atoms with van der Waals surface area (Å²) >= 11 is 7.45. The van der Waals surface area contributed by atoms with Gasteiger partial charge in [0.2, 0.25) is 0 Å². The lowest BCUT2D eigenvalue weighted by Gasteiger charge is -1.70. The van der Waals surface area contributed by atoms with Crippen molar-refractivity contribution in [1.82, 2.24) is 0 Å². The van der Waals surface area contributed by atoms with Crippen LogP contribution in [0.3, 0.4) is 0 Å². The van der Waals surface area contributed by atoms with Gasteiger partial charge in [-0.1, -0.05) is 15.9 Å². The quantitative estimate of drug-likeness (QED) is 0.691. The topological polar surface area (TPSA) is 74.6 Å². The smallest absolute Gasteiger partial charge is 0.318 e. The number of aliphatic carboxylic acids is 2. The highest BCUT2D eigenvalue weighted by molar-refractivity contribution is 9.09. The maximum absolute atomic E-state index is 9.32. The van der Waals surface area contributed by atoms with Gasteiger partial charge in [-0.3, -0.25) is 9.59 Å². The van der Waals surface area contributed by atoms with E-state index in [1.807, 2.05) is 0 Å². The van der Waals surface area contributed by atoms with Crippen LogP contribution in [-0.2, 0) is 9.59 Å². The van der Waals surface area contributed by atoms with E-state index in [2.05, 4.69) is 15.9 Å². The Morgan fingerprint density at radius 2 is 1.50 bits per heavy atom. The van der Waals surface area contributed by atoms with E-state index >= 15 is 0 Å². The second-order valence-electron chi connectivity index (χ2n) is 1.05. The molecule has 2 N–H and O–H groups in total. The summed E-state index contributed by atoms with van der Waals surface area (Å²) in [5, 5.41) is 15.3. The molecule has 0 saturated carbocycles. The average Bonchev–Trinajstić information content (AvgIpc) is 1.89. The summed E-state index contributed by atoms with van der Waals surface area (Å²) in [5.41, 5.74) is 0. The maximum Gasteiger partial charge on any atom is 0.318 e. The van der Waals surface area contributed by atoms with Crippen molar-refractivity contribution in [3.8, 4) is 0 Å². The van der Waals surface area contributed by atoms with E-state index in [4.69, 9.17) is 21.8 Å². The molecule has 0 unspecified atom stereocenters.